The number of hydrogen-bond acceptors (Lipinski definition) is 8. The van der Waals surface area contributed by atoms with Crippen molar-refractivity contribution in [3.05, 3.63) is 0 Å². The van der Waals surface area contributed by atoms with Crippen LogP contribution in [0, 0.1) is 0 Å². The van der Waals surface area contributed by atoms with Gasteiger partial charge in [0.1, 0.15) is 12.2 Å². The maximum absolute atomic E-state index is 12.1. The minimum atomic E-state index is -3.42. The number of ether oxygens (including phenoxy) is 2. The Balaban J connectivity index is 2.02. The zero-order valence-corrected chi connectivity index (χ0v) is 12.3. The van der Waals surface area contributed by atoms with Crippen molar-refractivity contribution < 1.29 is 32.7 Å². The fourth-order valence-corrected chi connectivity index (χ4v) is 4.59. The normalized spacial score (nSPS) is 26.8. The van der Waals surface area contributed by atoms with Crippen LogP contribution in [0.4, 0.5) is 0 Å². The van der Waals surface area contributed by atoms with E-state index in [9.17, 15) is 14.2 Å². The zero-order chi connectivity index (χ0) is 14.0. The SMILES string of the molecule is COP(=O)(OC)SC(CC(=O)C1CO1)C(=O)C1CO1. The van der Waals surface area contributed by atoms with Crippen molar-refractivity contribution in [2.24, 2.45) is 0 Å². The molecule has 0 amide bonds. The highest BCUT2D eigenvalue weighted by atomic mass is 32.7. The molecule has 7 nitrogen and oxygen atoms in total. The number of rotatable bonds is 9. The van der Waals surface area contributed by atoms with Gasteiger partial charge in [-0.1, -0.05) is 0 Å². The fraction of sp³-hybridized carbons (Fsp3) is 0.800. The van der Waals surface area contributed by atoms with Gasteiger partial charge in [0.25, 0.3) is 0 Å². The monoisotopic (exact) mass is 310 g/mol. The number of ketones is 2. The third-order valence-electron chi connectivity index (χ3n) is 2.75. The molecule has 2 aliphatic heterocycles. The van der Waals surface area contributed by atoms with Gasteiger partial charge in [-0.05, 0) is 11.4 Å². The predicted octanol–water partition coefficient (Wildman–Crippen LogP) is 0.815. The minimum Gasteiger partial charge on any atom is -0.365 e. The van der Waals surface area contributed by atoms with Crippen LogP contribution in [-0.4, -0.2) is 56.5 Å². The Labute approximate surface area is 114 Å². The standard InChI is InChI=1S/C10H15O7PS/c1-14-18(13,15-2)19-9(10(12)8-5-17-8)3-6(11)7-4-16-7/h7-9H,3-5H2,1-2H3. The second-order valence-electron chi connectivity index (χ2n) is 4.12. The molecule has 0 spiro atoms. The van der Waals surface area contributed by atoms with Crippen molar-refractivity contribution >= 4 is 29.7 Å². The summed E-state index contributed by atoms with van der Waals surface area (Å²) in [6, 6.07) is 0. The number of Topliss-reactive ketones (excluding diaryl/α,β-unsaturated/α-hetero) is 2. The molecule has 2 fully saturated rings. The topological polar surface area (TPSA) is 94.7 Å². The van der Waals surface area contributed by atoms with Gasteiger partial charge in [0.05, 0.1) is 18.5 Å². The van der Waals surface area contributed by atoms with Crippen LogP contribution in [0.2, 0.25) is 0 Å². The first kappa shape index (κ1) is 15.2. The molecule has 2 aliphatic rings. The Morgan fingerprint density at radius 2 is 1.79 bits per heavy atom. The van der Waals surface area contributed by atoms with E-state index in [0.29, 0.717) is 13.2 Å². The second kappa shape index (κ2) is 6.03. The predicted molar refractivity (Wildman–Crippen MR) is 67.1 cm³/mol. The lowest BCUT2D eigenvalue weighted by Crippen LogP contribution is -2.27. The van der Waals surface area contributed by atoms with Crippen molar-refractivity contribution in [3.8, 4) is 0 Å². The first-order chi connectivity index (χ1) is 8.99. The van der Waals surface area contributed by atoms with Crippen LogP contribution >= 0.6 is 18.2 Å². The van der Waals surface area contributed by atoms with Gasteiger partial charge in [0.15, 0.2) is 11.6 Å². The third kappa shape index (κ3) is 4.11. The molecule has 0 aliphatic carbocycles. The van der Waals surface area contributed by atoms with Gasteiger partial charge >= 0.3 is 6.80 Å². The van der Waals surface area contributed by atoms with Gasteiger partial charge in [-0.2, -0.15) is 0 Å². The average molecular weight is 310 g/mol. The molecule has 0 aromatic carbocycles. The summed E-state index contributed by atoms with van der Waals surface area (Å²) in [6.07, 6.45) is -0.988. The molecule has 2 heterocycles. The van der Waals surface area contributed by atoms with E-state index in [0.717, 1.165) is 11.4 Å². The van der Waals surface area contributed by atoms with Crippen LogP contribution in [0.5, 0.6) is 0 Å². The summed E-state index contributed by atoms with van der Waals surface area (Å²) in [4.78, 5) is 23.7. The summed E-state index contributed by atoms with van der Waals surface area (Å²) < 4.78 is 31.4. The van der Waals surface area contributed by atoms with Crippen molar-refractivity contribution in [3.63, 3.8) is 0 Å². The van der Waals surface area contributed by atoms with Gasteiger partial charge in [0, 0.05) is 20.6 Å². The Morgan fingerprint density at radius 3 is 2.21 bits per heavy atom. The maximum Gasteiger partial charge on any atom is 0.389 e. The van der Waals surface area contributed by atoms with Gasteiger partial charge in [-0.15, -0.1) is 0 Å². The molecule has 108 valence electrons. The Morgan fingerprint density at radius 1 is 1.26 bits per heavy atom. The zero-order valence-electron chi connectivity index (χ0n) is 10.6. The first-order valence-corrected chi connectivity index (χ1v) is 8.71. The molecule has 3 atom stereocenters. The van der Waals surface area contributed by atoms with E-state index in [4.69, 9.17) is 18.5 Å². The maximum atomic E-state index is 12.1. The van der Waals surface area contributed by atoms with E-state index in [1.54, 1.807) is 0 Å². The van der Waals surface area contributed by atoms with E-state index < -0.39 is 24.3 Å². The molecule has 0 N–H and O–H groups in total. The van der Waals surface area contributed by atoms with Crippen molar-refractivity contribution in [2.75, 3.05) is 27.4 Å². The molecule has 2 saturated heterocycles. The molecule has 3 unspecified atom stereocenters. The Kier molecular flexibility index (Phi) is 4.81. The summed E-state index contributed by atoms with van der Waals surface area (Å²) in [5, 5.41) is -0.796. The quantitative estimate of drug-likeness (QED) is 0.456. The fourth-order valence-electron chi connectivity index (χ4n) is 1.47. The Bertz CT molecular complexity index is 410. The number of epoxide rings is 2. The van der Waals surface area contributed by atoms with Crippen molar-refractivity contribution in [2.45, 2.75) is 23.9 Å². The van der Waals surface area contributed by atoms with Gasteiger partial charge in [-0.3, -0.25) is 9.59 Å². The van der Waals surface area contributed by atoms with E-state index in [1.165, 1.54) is 14.2 Å². The molecule has 0 radical (unpaired) electrons. The lowest BCUT2D eigenvalue weighted by atomic mass is 10.1. The highest BCUT2D eigenvalue weighted by Gasteiger charge is 2.43. The van der Waals surface area contributed by atoms with Crippen LogP contribution in [-0.2, 0) is 32.7 Å². The molecular formula is C10H15O7PS. The van der Waals surface area contributed by atoms with E-state index in [2.05, 4.69) is 0 Å². The largest absolute Gasteiger partial charge is 0.389 e. The highest BCUT2D eigenvalue weighted by molar-refractivity contribution is 8.55. The number of carbonyl (C=O) groups is 2. The van der Waals surface area contributed by atoms with Gasteiger partial charge in [-0.25, -0.2) is 4.57 Å². The molecule has 9 heteroatoms. The van der Waals surface area contributed by atoms with Crippen LogP contribution < -0.4 is 0 Å². The van der Waals surface area contributed by atoms with Crippen molar-refractivity contribution in [1.82, 2.24) is 0 Å². The number of carbonyl (C=O) groups excluding carboxylic acids is 2. The van der Waals surface area contributed by atoms with Crippen LogP contribution in [0.3, 0.4) is 0 Å². The highest BCUT2D eigenvalue weighted by Crippen LogP contribution is 2.62. The number of hydrogen-bond donors (Lipinski definition) is 0. The van der Waals surface area contributed by atoms with E-state index in [-0.39, 0.29) is 18.0 Å². The van der Waals surface area contributed by atoms with E-state index >= 15 is 0 Å². The lowest BCUT2D eigenvalue weighted by Gasteiger charge is -2.18. The van der Waals surface area contributed by atoms with Gasteiger partial charge < -0.3 is 18.5 Å². The average Bonchev–Trinajstić information content (AvgIpc) is 3.28. The second-order valence-corrected chi connectivity index (χ2v) is 8.50. The minimum absolute atomic E-state index is 0.0509. The van der Waals surface area contributed by atoms with Crippen LogP contribution in [0.25, 0.3) is 0 Å². The van der Waals surface area contributed by atoms with E-state index in [1.807, 2.05) is 0 Å². The third-order valence-corrected chi connectivity index (χ3v) is 6.99. The lowest BCUT2D eigenvalue weighted by molar-refractivity contribution is -0.124. The summed E-state index contributed by atoms with van der Waals surface area (Å²) in [7, 11) is 2.47. The molecule has 19 heavy (non-hydrogen) atoms. The molecule has 2 rings (SSSR count). The molecule has 0 bridgehead atoms. The van der Waals surface area contributed by atoms with Crippen LogP contribution in [0.1, 0.15) is 6.42 Å². The summed E-state index contributed by atoms with van der Waals surface area (Å²) >= 11 is 0.747. The molecule has 0 aromatic rings. The molecular weight excluding hydrogens is 295 g/mol. The summed E-state index contributed by atoms with van der Waals surface area (Å²) in [5.41, 5.74) is 0. The van der Waals surface area contributed by atoms with Crippen molar-refractivity contribution in [1.29, 1.82) is 0 Å². The Hall–Kier alpha value is -0.240. The molecule has 0 saturated carbocycles. The summed E-state index contributed by atoms with van der Waals surface area (Å²) in [6.45, 7) is -2.69. The first-order valence-electron chi connectivity index (χ1n) is 5.68. The van der Waals surface area contributed by atoms with Gasteiger partial charge in [0.2, 0.25) is 0 Å². The smallest absolute Gasteiger partial charge is 0.365 e. The molecule has 0 aromatic heterocycles. The summed E-state index contributed by atoms with van der Waals surface area (Å²) in [5.74, 6) is -0.432. The van der Waals surface area contributed by atoms with Crippen LogP contribution in [0.15, 0.2) is 0 Å².